The normalized spacial score (nSPS) is 26.5. The molecule has 1 aromatic carbocycles. The lowest BCUT2D eigenvalue weighted by Gasteiger charge is -2.41. The van der Waals surface area contributed by atoms with Gasteiger partial charge in [0.25, 0.3) is 12.3 Å². The van der Waals surface area contributed by atoms with Gasteiger partial charge in [0.1, 0.15) is 17.2 Å². The number of aliphatic hydroxyl groups excluding tert-OH is 1. The lowest BCUT2D eigenvalue weighted by Crippen LogP contribution is -2.59. The van der Waals surface area contributed by atoms with Crippen LogP contribution in [0, 0.1) is 5.92 Å². The summed E-state index contributed by atoms with van der Waals surface area (Å²) in [6.45, 7) is -0.596. The van der Waals surface area contributed by atoms with E-state index in [0.717, 1.165) is 22.9 Å². The van der Waals surface area contributed by atoms with Crippen molar-refractivity contribution in [2.24, 2.45) is 11.0 Å². The van der Waals surface area contributed by atoms with Crippen molar-refractivity contribution in [1.82, 2.24) is 20.5 Å². The fourth-order valence-corrected chi connectivity index (χ4v) is 5.53. The van der Waals surface area contributed by atoms with E-state index in [1.807, 2.05) is 0 Å². The molecule has 9 nitrogen and oxygen atoms in total. The van der Waals surface area contributed by atoms with Crippen LogP contribution in [-0.4, -0.2) is 101 Å². The Balaban J connectivity index is 1.55. The molecule has 1 aromatic rings. The van der Waals surface area contributed by atoms with Crippen molar-refractivity contribution in [3.8, 4) is 0 Å². The Hall–Kier alpha value is -2.98. The summed E-state index contributed by atoms with van der Waals surface area (Å²) in [4.78, 5) is 26.1. The highest BCUT2D eigenvalue weighted by atomic mass is 35.5. The lowest BCUT2D eigenvalue weighted by atomic mass is 9.90. The van der Waals surface area contributed by atoms with Crippen molar-refractivity contribution in [2.45, 2.75) is 56.1 Å². The van der Waals surface area contributed by atoms with Gasteiger partial charge in [-0.3, -0.25) is 14.6 Å². The van der Waals surface area contributed by atoms with E-state index in [1.165, 1.54) is 18.2 Å². The zero-order valence-electron chi connectivity index (χ0n) is 22.3. The van der Waals surface area contributed by atoms with Crippen molar-refractivity contribution in [1.29, 1.82) is 0 Å². The topological polar surface area (TPSA) is 109 Å². The number of hydrazone groups is 1. The van der Waals surface area contributed by atoms with E-state index in [9.17, 15) is 45.4 Å². The highest BCUT2D eigenvalue weighted by molar-refractivity contribution is 6.67. The Kier molecular flexibility index (Phi) is 9.61. The molecule has 3 aliphatic heterocycles. The Morgan fingerprint density at radius 3 is 2.47 bits per heavy atom. The van der Waals surface area contributed by atoms with E-state index < -0.39 is 67.0 Å². The first-order chi connectivity index (χ1) is 20.0. The van der Waals surface area contributed by atoms with Gasteiger partial charge in [0.05, 0.1) is 13.1 Å². The number of β-amino-alcohol motifs (C(OH)–C–C–N with tert-alkyl or cyclic N) is 1. The van der Waals surface area contributed by atoms with Crippen LogP contribution in [0.15, 0.2) is 29.4 Å². The Bertz CT molecular complexity index is 1300. The van der Waals surface area contributed by atoms with E-state index in [-0.39, 0.29) is 53.2 Å². The van der Waals surface area contributed by atoms with Crippen LogP contribution < -0.4 is 16.0 Å². The van der Waals surface area contributed by atoms with Crippen molar-refractivity contribution in [3.05, 3.63) is 34.9 Å². The van der Waals surface area contributed by atoms with Crippen LogP contribution in [0.4, 0.5) is 36.4 Å². The molecule has 1 saturated heterocycles. The number of carbonyl (C=O) groups excluding carboxylic acids is 2. The average molecular weight is 663 g/mol. The molecule has 0 bridgehead atoms. The summed E-state index contributed by atoms with van der Waals surface area (Å²) < 4.78 is 94.2. The van der Waals surface area contributed by atoms with Gasteiger partial charge in [-0.05, 0) is 37.6 Å². The maximum absolute atomic E-state index is 14.0. The number of alkyl halides is 7. The van der Waals surface area contributed by atoms with Gasteiger partial charge in [0, 0.05) is 47.1 Å². The molecule has 43 heavy (non-hydrogen) atoms. The predicted molar refractivity (Wildman–Crippen MR) is 144 cm³/mol. The van der Waals surface area contributed by atoms with Crippen LogP contribution in [-0.2, 0) is 9.59 Å². The predicted octanol–water partition coefficient (Wildman–Crippen LogP) is 3.48. The average Bonchev–Trinajstić information content (AvgIpc) is 3.27. The van der Waals surface area contributed by atoms with Gasteiger partial charge in [-0.2, -0.15) is 27.1 Å². The third-order valence-corrected chi connectivity index (χ3v) is 7.84. The highest BCUT2D eigenvalue weighted by Crippen LogP contribution is 2.42. The first kappa shape index (κ1) is 32.9. The number of carbonyl (C=O) groups is 2. The van der Waals surface area contributed by atoms with Crippen molar-refractivity contribution < 1.29 is 45.4 Å². The molecule has 4 rings (SSSR count). The van der Waals surface area contributed by atoms with Crippen LogP contribution in [0.3, 0.4) is 0 Å². The minimum absolute atomic E-state index is 0.00253. The molecular weight excluding hydrogens is 636 g/mol. The summed E-state index contributed by atoms with van der Waals surface area (Å²) in [6.07, 6.45) is -12.3. The van der Waals surface area contributed by atoms with E-state index in [4.69, 9.17) is 23.2 Å². The number of anilines is 1. The fourth-order valence-electron chi connectivity index (χ4n) is 5.08. The van der Waals surface area contributed by atoms with Crippen molar-refractivity contribution in [3.63, 3.8) is 0 Å². The molecule has 18 heteroatoms. The first-order valence-electron chi connectivity index (χ1n) is 12.9. The number of hydrogen-bond donors (Lipinski definition) is 4. The number of halogens is 9. The number of likely N-dealkylation sites (tertiary alicyclic amines) is 1. The van der Waals surface area contributed by atoms with Crippen LogP contribution in [0.5, 0.6) is 0 Å². The van der Waals surface area contributed by atoms with Gasteiger partial charge in [0.2, 0.25) is 5.91 Å². The summed E-state index contributed by atoms with van der Waals surface area (Å²) in [7, 11) is 0. The summed E-state index contributed by atoms with van der Waals surface area (Å²) in [5, 5.41) is 22.1. The van der Waals surface area contributed by atoms with E-state index in [2.05, 4.69) is 21.1 Å². The number of benzene rings is 1. The second-order valence-corrected chi connectivity index (χ2v) is 11.5. The fraction of sp³-hybridized carbons (Fsp3) is 0.560. The number of amides is 2. The summed E-state index contributed by atoms with van der Waals surface area (Å²) in [6, 6.07) is 2.32. The molecule has 3 aliphatic rings. The maximum atomic E-state index is 14.0. The van der Waals surface area contributed by atoms with Crippen molar-refractivity contribution >= 4 is 51.6 Å². The second-order valence-electron chi connectivity index (χ2n) is 10.6. The molecule has 4 unspecified atom stereocenters. The third-order valence-electron chi connectivity index (χ3n) is 7.27. The second kappa shape index (κ2) is 12.6. The molecule has 0 spiro atoms. The van der Waals surface area contributed by atoms with E-state index >= 15 is 0 Å². The van der Waals surface area contributed by atoms with Crippen LogP contribution in [0.25, 0.3) is 5.70 Å². The molecule has 238 valence electrons. The van der Waals surface area contributed by atoms with Gasteiger partial charge in [-0.25, -0.2) is 8.78 Å². The largest absolute Gasteiger partial charge is 0.414 e. The molecule has 0 saturated carbocycles. The molecule has 1 fully saturated rings. The lowest BCUT2D eigenvalue weighted by molar-refractivity contribution is -0.160. The van der Waals surface area contributed by atoms with Crippen LogP contribution in [0.1, 0.15) is 18.9 Å². The van der Waals surface area contributed by atoms with Gasteiger partial charge < -0.3 is 26.0 Å². The minimum Gasteiger partial charge on any atom is -0.385 e. The zero-order chi connectivity index (χ0) is 31.9. The van der Waals surface area contributed by atoms with Crippen molar-refractivity contribution in [2.75, 3.05) is 31.5 Å². The molecule has 0 aromatic heterocycles. The number of hydrogen-bond acceptors (Lipinski definition) is 7. The van der Waals surface area contributed by atoms with E-state index in [0.29, 0.717) is 0 Å². The molecule has 4 N–H and O–H groups in total. The summed E-state index contributed by atoms with van der Waals surface area (Å²) >= 11 is 12.1. The summed E-state index contributed by atoms with van der Waals surface area (Å²) in [5.41, 5.74) is -2.16. The van der Waals surface area contributed by atoms with Crippen LogP contribution in [0.2, 0.25) is 5.02 Å². The molecule has 5 atom stereocenters. The number of aliphatic hydroxyl groups is 1. The summed E-state index contributed by atoms with van der Waals surface area (Å²) in [5.74, 6) is -3.44. The number of fused-ring (bicyclic) bond motifs is 1. The number of nitrogens with one attached hydrogen (secondary N) is 3. The molecule has 3 heterocycles. The molecule has 2 amide bonds. The Morgan fingerprint density at radius 2 is 1.84 bits per heavy atom. The maximum Gasteiger partial charge on any atom is 0.414 e. The zero-order valence-corrected chi connectivity index (χ0v) is 23.8. The first-order valence-corrected chi connectivity index (χ1v) is 13.7. The highest BCUT2D eigenvalue weighted by Gasteiger charge is 2.52. The molecule has 0 radical (unpaired) electrons. The quantitative estimate of drug-likeness (QED) is 0.318. The van der Waals surface area contributed by atoms with Gasteiger partial charge in [-0.15, -0.1) is 0 Å². The van der Waals surface area contributed by atoms with Gasteiger partial charge >= 0.3 is 12.6 Å². The van der Waals surface area contributed by atoms with Gasteiger partial charge in [-0.1, -0.05) is 23.2 Å². The van der Waals surface area contributed by atoms with Gasteiger partial charge in [0.15, 0.2) is 5.54 Å². The monoisotopic (exact) mass is 662 g/mol. The third kappa shape index (κ3) is 7.40. The minimum atomic E-state index is -4.74. The Morgan fingerprint density at radius 1 is 1.16 bits per heavy atom. The van der Waals surface area contributed by atoms with E-state index in [1.54, 1.807) is 0 Å². The SMILES string of the molecule is CC1(C(F)(F)F)C=C(NC2C[C@H](NC(=O)C3CN(CC(O)C(F)F)N=C3Cl)CN(C(=O)C(F)F)C2)c2cc(Cl)ccc2N1. The number of piperidine rings is 1. The Labute approximate surface area is 251 Å². The molecule has 0 aliphatic carbocycles. The number of rotatable bonds is 8. The number of nitrogens with zero attached hydrogens (tertiary/aromatic N) is 3. The van der Waals surface area contributed by atoms with Crippen LogP contribution >= 0.6 is 23.2 Å². The standard InChI is InChI=1S/C25H27Cl2F7N6O3/c1-24(25(32,33)34)6-17(14-4-11(26)2-3-16(14)37-24)35-12-5-13(8-39(7-12)23(43)21(30)31)36-22(42)15-9-40(38-19(15)27)10-18(41)20(28)29/h2-4,6,12-13,15,18,20-21,35,37,41H,5,7-10H2,1H3,(H,36,42)/t12?,13-,15?,18?,24?/m0/s1. The molecular formula is C25H27Cl2F7N6O3. The smallest absolute Gasteiger partial charge is 0.385 e.